The van der Waals surface area contributed by atoms with Gasteiger partial charge in [-0.1, -0.05) is 6.92 Å². The fourth-order valence-electron chi connectivity index (χ4n) is 2.87. The highest BCUT2D eigenvalue weighted by atomic mass is 16.6. The van der Waals surface area contributed by atoms with Gasteiger partial charge in [0.25, 0.3) is 0 Å². The number of hydrogen-bond acceptors (Lipinski definition) is 5. The smallest absolute Gasteiger partial charge is 0.323 e. The molecule has 2 atom stereocenters. The normalized spacial score (nSPS) is 22.0. The van der Waals surface area contributed by atoms with Crippen LogP contribution in [0, 0.1) is 0 Å². The zero-order chi connectivity index (χ0) is 15.5. The van der Waals surface area contributed by atoms with E-state index in [1.54, 1.807) is 6.33 Å². The molecule has 0 bridgehead atoms. The number of aromatic nitrogens is 3. The standard InChI is InChI=1S/C15H26N4O2/c1-5-12(14(20)21-15(2,3)4)19-8-6-7-11(9-19)13-16-10-17-18-13/h10-12H,5-9H2,1-4H3,(H,16,17,18)/t11-,12+/m0/s1. The van der Waals surface area contributed by atoms with Crippen LogP contribution in [0.25, 0.3) is 0 Å². The number of hydrogen-bond donors (Lipinski definition) is 1. The summed E-state index contributed by atoms with van der Waals surface area (Å²) in [6, 6.07) is -0.171. The molecule has 0 aliphatic carbocycles. The number of likely N-dealkylation sites (tertiary alicyclic amines) is 1. The van der Waals surface area contributed by atoms with Gasteiger partial charge in [-0.2, -0.15) is 5.10 Å². The Morgan fingerprint density at radius 2 is 2.33 bits per heavy atom. The third-order valence-corrected chi connectivity index (χ3v) is 3.78. The van der Waals surface area contributed by atoms with Crippen LogP contribution in [-0.2, 0) is 9.53 Å². The van der Waals surface area contributed by atoms with E-state index in [4.69, 9.17) is 4.74 Å². The van der Waals surface area contributed by atoms with E-state index in [0.717, 1.165) is 38.2 Å². The lowest BCUT2D eigenvalue weighted by molar-refractivity contribution is -0.162. The number of esters is 1. The Bertz CT molecular complexity index is 453. The molecule has 0 radical (unpaired) electrons. The lowest BCUT2D eigenvalue weighted by atomic mass is 9.95. The van der Waals surface area contributed by atoms with Gasteiger partial charge in [-0.25, -0.2) is 4.98 Å². The van der Waals surface area contributed by atoms with Crippen LogP contribution in [0.2, 0.25) is 0 Å². The maximum absolute atomic E-state index is 12.4. The summed E-state index contributed by atoms with van der Waals surface area (Å²) in [5, 5.41) is 6.87. The van der Waals surface area contributed by atoms with Crippen molar-refractivity contribution in [2.75, 3.05) is 13.1 Å². The third kappa shape index (κ3) is 4.27. The predicted molar refractivity (Wildman–Crippen MR) is 79.9 cm³/mol. The number of nitrogens with one attached hydrogen (secondary N) is 1. The number of piperidine rings is 1. The molecule has 6 nitrogen and oxygen atoms in total. The van der Waals surface area contributed by atoms with Crippen LogP contribution in [-0.4, -0.2) is 50.8 Å². The SMILES string of the molecule is CC[C@H](C(=O)OC(C)(C)C)N1CCC[C@H](c2ncn[nH]2)C1. The van der Waals surface area contributed by atoms with E-state index in [-0.39, 0.29) is 12.0 Å². The second-order valence-corrected chi connectivity index (χ2v) is 6.66. The minimum absolute atomic E-state index is 0.122. The number of carbonyl (C=O) groups excluding carboxylic acids is 1. The summed E-state index contributed by atoms with van der Waals surface area (Å²) in [6.45, 7) is 9.52. The zero-order valence-electron chi connectivity index (χ0n) is 13.4. The molecule has 2 rings (SSSR count). The molecule has 21 heavy (non-hydrogen) atoms. The fraction of sp³-hybridized carbons (Fsp3) is 0.800. The number of nitrogens with zero attached hydrogens (tertiary/aromatic N) is 3. The Labute approximate surface area is 126 Å². The first-order valence-corrected chi connectivity index (χ1v) is 7.73. The van der Waals surface area contributed by atoms with Gasteiger partial charge in [0.2, 0.25) is 0 Å². The third-order valence-electron chi connectivity index (χ3n) is 3.78. The van der Waals surface area contributed by atoms with E-state index >= 15 is 0 Å². The van der Waals surface area contributed by atoms with Crippen molar-refractivity contribution in [2.24, 2.45) is 0 Å². The second-order valence-electron chi connectivity index (χ2n) is 6.66. The number of carbonyl (C=O) groups is 1. The van der Waals surface area contributed by atoms with Crippen LogP contribution >= 0.6 is 0 Å². The van der Waals surface area contributed by atoms with Gasteiger partial charge in [-0.3, -0.25) is 14.8 Å². The predicted octanol–water partition coefficient (Wildman–Crippen LogP) is 2.10. The van der Waals surface area contributed by atoms with E-state index in [0.29, 0.717) is 5.92 Å². The highest BCUT2D eigenvalue weighted by Crippen LogP contribution is 2.26. The van der Waals surface area contributed by atoms with Gasteiger partial charge in [0, 0.05) is 12.5 Å². The van der Waals surface area contributed by atoms with Crippen LogP contribution in [0.3, 0.4) is 0 Å². The average Bonchev–Trinajstić information content (AvgIpc) is 2.91. The first-order chi connectivity index (χ1) is 9.90. The molecule has 1 aliphatic rings. The summed E-state index contributed by atoms with van der Waals surface area (Å²) in [7, 11) is 0. The molecule has 0 spiro atoms. The number of aromatic amines is 1. The van der Waals surface area contributed by atoms with Crippen molar-refractivity contribution in [3.63, 3.8) is 0 Å². The molecule has 0 amide bonds. The number of rotatable bonds is 4. The summed E-state index contributed by atoms with van der Waals surface area (Å²) in [5.74, 6) is 1.11. The summed E-state index contributed by atoms with van der Waals surface area (Å²) in [4.78, 5) is 18.9. The van der Waals surface area contributed by atoms with Crippen molar-refractivity contribution < 1.29 is 9.53 Å². The Morgan fingerprint density at radius 3 is 2.90 bits per heavy atom. The highest BCUT2D eigenvalue weighted by molar-refractivity contribution is 5.76. The first-order valence-electron chi connectivity index (χ1n) is 7.73. The van der Waals surface area contributed by atoms with Crippen molar-refractivity contribution >= 4 is 5.97 Å². The Kier molecular flexibility index (Phi) is 4.98. The van der Waals surface area contributed by atoms with Crippen LogP contribution < -0.4 is 0 Å². The van der Waals surface area contributed by atoms with Gasteiger partial charge in [-0.15, -0.1) is 0 Å². The highest BCUT2D eigenvalue weighted by Gasteiger charge is 2.33. The molecule has 1 aliphatic heterocycles. The summed E-state index contributed by atoms with van der Waals surface area (Å²) < 4.78 is 5.55. The van der Waals surface area contributed by atoms with Crippen molar-refractivity contribution in [2.45, 2.75) is 64.5 Å². The van der Waals surface area contributed by atoms with Crippen LogP contribution in [0.1, 0.15) is 58.7 Å². The Balaban J connectivity index is 2.02. The lowest BCUT2D eigenvalue weighted by Crippen LogP contribution is -2.48. The van der Waals surface area contributed by atoms with Crippen LogP contribution in [0.15, 0.2) is 6.33 Å². The van der Waals surface area contributed by atoms with E-state index in [1.807, 2.05) is 27.7 Å². The maximum atomic E-state index is 12.4. The molecule has 118 valence electrons. The first kappa shape index (κ1) is 15.9. The number of H-pyrrole nitrogens is 1. The summed E-state index contributed by atoms with van der Waals surface area (Å²) in [6.07, 6.45) is 4.44. The van der Waals surface area contributed by atoms with Gasteiger partial charge in [0.05, 0.1) is 0 Å². The van der Waals surface area contributed by atoms with E-state index in [1.165, 1.54) is 0 Å². The monoisotopic (exact) mass is 294 g/mol. The van der Waals surface area contributed by atoms with E-state index < -0.39 is 5.60 Å². The quantitative estimate of drug-likeness (QED) is 0.861. The topological polar surface area (TPSA) is 71.1 Å². The van der Waals surface area contributed by atoms with Gasteiger partial charge in [0.15, 0.2) is 0 Å². The Morgan fingerprint density at radius 1 is 1.57 bits per heavy atom. The van der Waals surface area contributed by atoms with Crippen molar-refractivity contribution in [3.05, 3.63) is 12.2 Å². The molecule has 2 heterocycles. The van der Waals surface area contributed by atoms with Crippen LogP contribution in [0.5, 0.6) is 0 Å². The minimum atomic E-state index is -0.440. The van der Waals surface area contributed by atoms with Crippen molar-refractivity contribution in [3.8, 4) is 0 Å². The van der Waals surface area contributed by atoms with Crippen LogP contribution in [0.4, 0.5) is 0 Å². The van der Waals surface area contributed by atoms with Gasteiger partial charge < -0.3 is 4.74 Å². The molecule has 1 N–H and O–H groups in total. The summed E-state index contributed by atoms with van der Waals surface area (Å²) >= 11 is 0. The molecule has 0 unspecified atom stereocenters. The average molecular weight is 294 g/mol. The van der Waals surface area contributed by atoms with E-state index in [9.17, 15) is 4.79 Å². The van der Waals surface area contributed by atoms with Crippen molar-refractivity contribution in [1.82, 2.24) is 20.1 Å². The Hall–Kier alpha value is -1.43. The molecular weight excluding hydrogens is 268 g/mol. The molecule has 0 aromatic carbocycles. The molecule has 1 saturated heterocycles. The molecule has 1 fully saturated rings. The minimum Gasteiger partial charge on any atom is -0.459 e. The second kappa shape index (κ2) is 6.56. The zero-order valence-corrected chi connectivity index (χ0v) is 13.4. The van der Waals surface area contributed by atoms with Crippen molar-refractivity contribution in [1.29, 1.82) is 0 Å². The fourth-order valence-corrected chi connectivity index (χ4v) is 2.87. The maximum Gasteiger partial charge on any atom is 0.323 e. The molecule has 1 aromatic heterocycles. The van der Waals surface area contributed by atoms with Gasteiger partial charge in [0.1, 0.15) is 23.8 Å². The van der Waals surface area contributed by atoms with Gasteiger partial charge in [-0.05, 0) is 46.6 Å². The summed E-state index contributed by atoms with van der Waals surface area (Å²) in [5.41, 5.74) is -0.440. The van der Waals surface area contributed by atoms with Gasteiger partial charge >= 0.3 is 5.97 Å². The van der Waals surface area contributed by atoms with E-state index in [2.05, 4.69) is 20.1 Å². The lowest BCUT2D eigenvalue weighted by Gasteiger charge is -2.37. The molecule has 1 aromatic rings. The largest absolute Gasteiger partial charge is 0.459 e. The molecule has 6 heteroatoms. The number of ether oxygens (including phenoxy) is 1. The molecule has 0 saturated carbocycles. The molecular formula is C15H26N4O2.